The van der Waals surface area contributed by atoms with Crippen molar-refractivity contribution in [3.63, 3.8) is 0 Å². The largest absolute Gasteiger partial charge is 0.472 e. The first-order valence-electron chi connectivity index (χ1n) is 41.7. The summed E-state index contributed by atoms with van der Waals surface area (Å²) in [5, 5.41) is 10.7. The normalized spacial score (nSPS) is 14.6. The average Bonchev–Trinajstić information content (AvgIpc) is 0.896. The molecule has 5 atom stereocenters. The Morgan fingerprint density at radius 2 is 0.500 bits per heavy atom. The molecule has 0 spiro atoms. The number of phosphoric ester groups is 2. The minimum Gasteiger partial charge on any atom is -0.462 e. The van der Waals surface area contributed by atoms with Crippen LogP contribution in [0.3, 0.4) is 0 Å². The molecule has 0 aromatic heterocycles. The average molecular weight is 1550 g/mol. The summed E-state index contributed by atoms with van der Waals surface area (Å²) in [5.74, 6) is -2.34. The van der Waals surface area contributed by atoms with Crippen LogP contribution >= 0.6 is 15.6 Å². The number of esters is 4. The van der Waals surface area contributed by atoms with Crippen LogP contribution in [0.1, 0.15) is 323 Å². The zero-order valence-electron chi connectivity index (χ0n) is 67.5. The minimum atomic E-state index is -5.02. The lowest BCUT2D eigenvalue weighted by Gasteiger charge is -2.21. The highest BCUT2D eigenvalue weighted by Crippen LogP contribution is 2.45. The van der Waals surface area contributed by atoms with E-state index in [1.165, 1.54) is 77.0 Å². The van der Waals surface area contributed by atoms with Gasteiger partial charge < -0.3 is 33.8 Å². The maximum Gasteiger partial charge on any atom is 0.472 e. The van der Waals surface area contributed by atoms with Crippen LogP contribution in [-0.2, 0) is 65.4 Å². The topological polar surface area (TPSA) is 237 Å². The van der Waals surface area contributed by atoms with E-state index in [1.54, 1.807) is 0 Å². The molecule has 0 heterocycles. The van der Waals surface area contributed by atoms with E-state index in [2.05, 4.69) is 167 Å². The number of unbranched alkanes of at least 4 members (excludes halogenated alkanes) is 25. The summed E-state index contributed by atoms with van der Waals surface area (Å²) < 4.78 is 68.6. The molecule has 17 nitrogen and oxygen atoms in total. The monoisotopic (exact) mass is 1550 g/mol. The Hall–Kier alpha value is -5.32. The van der Waals surface area contributed by atoms with Crippen LogP contribution < -0.4 is 0 Å². The number of rotatable bonds is 77. The summed E-state index contributed by atoms with van der Waals surface area (Å²) in [6.45, 7) is 4.57. The van der Waals surface area contributed by atoms with Gasteiger partial charge >= 0.3 is 39.5 Å². The Kier molecular flexibility index (Phi) is 75.8. The molecule has 0 amide bonds. The number of carbonyl (C=O) groups is 4. The van der Waals surface area contributed by atoms with Gasteiger partial charge in [-0.2, -0.15) is 0 Å². The van der Waals surface area contributed by atoms with E-state index in [0.29, 0.717) is 32.1 Å². The molecule has 0 aliphatic rings. The standard InChI is InChI=1S/C89H148O17P2/c1-5-9-13-17-21-25-29-33-37-39-41-43-47-50-54-58-62-66-70-74-87(92)100-80-85(106-89(94)76-72-68-64-60-56-52-48-44-42-40-38-34-30-26-22-18-14-10-6-2)82-104-108(97,98)102-78-83(90)77-101-107(95,96)103-81-84(105-88(93)75-71-67-63-59-55-51-46-36-32-28-24-20-16-12-8-4)79-99-86(91)73-69-65-61-57-53-49-45-35-31-27-23-19-15-11-7-3/h9,13,21-23,25-27,33-38,41-46,50,52,54,56,64,68,83-85,90H,5-8,10-12,14-20,24,28-32,39-40,47-49,51,53,55,57-63,65-67,69-82H2,1-4H3,(H,95,96)(H,97,98)/b13-9-,25-21-,26-22-,27-23-,37-33-,38-34-,43-41-,44-42-,45-35-,46-36-,54-50-,56-52-,68-64-/t83-,84+,85+/m0/s1. The summed E-state index contributed by atoms with van der Waals surface area (Å²) in [7, 11) is -10.0. The van der Waals surface area contributed by atoms with Gasteiger partial charge in [-0.25, -0.2) is 9.13 Å². The van der Waals surface area contributed by atoms with E-state index < -0.39 is 97.5 Å². The lowest BCUT2D eigenvalue weighted by Crippen LogP contribution is -2.30. The fraction of sp³-hybridized carbons (Fsp3) is 0.663. The van der Waals surface area contributed by atoms with E-state index in [-0.39, 0.29) is 25.7 Å². The van der Waals surface area contributed by atoms with E-state index in [1.807, 2.05) is 18.2 Å². The van der Waals surface area contributed by atoms with Gasteiger partial charge in [-0.15, -0.1) is 0 Å². The van der Waals surface area contributed by atoms with Gasteiger partial charge in [0.05, 0.1) is 26.4 Å². The van der Waals surface area contributed by atoms with Gasteiger partial charge in [-0.05, 0) is 167 Å². The minimum absolute atomic E-state index is 0.0417. The summed E-state index contributed by atoms with van der Waals surface area (Å²) in [6.07, 6.45) is 93.7. The second kappa shape index (κ2) is 79.8. The molecular formula is C89H148O17P2. The van der Waals surface area contributed by atoms with Gasteiger partial charge in [0.1, 0.15) is 19.3 Å². The Balaban J connectivity index is 5.50. The second-order valence-electron chi connectivity index (χ2n) is 27.3. The lowest BCUT2D eigenvalue weighted by atomic mass is 10.1. The Bertz CT molecular complexity index is 2660. The quantitative estimate of drug-likeness (QED) is 0.0169. The van der Waals surface area contributed by atoms with Crippen molar-refractivity contribution in [2.24, 2.45) is 0 Å². The molecule has 19 heteroatoms. The van der Waals surface area contributed by atoms with Crippen LogP contribution in [-0.4, -0.2) is 96.7 Å². The van der Waals surface area contributed by atoms with Gasteiger partial charge in [0.15, 0.2) is 12.2 Å². The predicted octanol–water partition coefficient (Wildman–Crippen LogP) is 24.8. The Morgan fingerprint density at radius 3 is 0.833 bits per heavy atom. The number of hydrogen-bond donors (Lipinski definition) is 3. The number of hydrogen-bond acceptors (Lipinski definition) is 15. The second-order valence-corrected chi connectivity index (χ2v) is 30.2. The van der Waals surface area contributed by atoms with Crippen LogP contribution in [0.15, 0.2) is 158 Å². The van der Waals surface area contributed by atoms with Crippen molar-refractivity contribution < 1.29 is 80.2 Å². The fourth-order valence-electron chi connectivity index (χ4n) is 10.6. The van der Waals surface area contributed by atoms with Crippen molar-refractivity contribution in [3.8, 4) is 0 Å². The predicted molar refractivity (Wildman–Crippen MR) is 445 cm³/mol. The van der Waals surface area contributed by atoms with Crippen LogP contribution in [0.25, 0.3) is 0 Å². The molecule has 0 bridgehead atoms. The molecule has 0 radical (unpaired) electrons. The zero-order valence-corrected chi connectivity index (χ0v) is 69.3. The number of aliphatic hydroxyl groups excluding tert-OH is 1. The van der Waals surface area contributed by atoms with Gasteiger partial charge in [0, 0.05) is 25.7 Å². The summed E-state index contributed by atoms with van der Waals surface area (Å²) in [6, 6.07) is 0. The molecule has 0 fully saturated rings. The van der Waals surface area contributed by atoms with Crippen molar-refractivity contribution in [2.75, 3.05) is 39.6 Å². The van der Waals surface area contributed by atoms with Crippen LogP contribution in [0.2, 0.25) is 0 Å². The highest BCUT2D eigenvalue weighted by Gasteiger charge is 2.30. The lowest BCUT2D eigenvalue weighted by molar-refractivity contribution is -0.161. The van der Waals surface area contributed by atoms with Gasteiger partial charge in [-0.3, -0.25) is 37.3 Å². The van der Waals surface area contributed by atoms with Crippen molar-refractivity contribution in [2.45, 2.75) is 341 Å². The van der Waals surface area contributed by atoms with E-state index in [9.17, 15) is 43.2 Å². The summed E-state index contributed by atoms with van der Waals surface area (Å²) in [5.41, 5.74) is 0. The molecule has 0 aromatic rings. The molecule has 3 N–H and O–H groups in total. The Morgan fingerprint density at radius 1 is 0.269 bits per heavy atom. The summed E-state index contributed by atoms with van der Waals surface area (Å²) in [4.78, 5) is 73.1. The van der Waals surface area contributed by atoms with E-state index in [4.69, 9.17) is 37.0 Å². The molecule has 108 heavy (non-hydrogen) atoms. The molecule has 0 saturated heterocycles. The van der Waals surface area contributed by atoms with Crippen molar-refractivity contribution in [1.82, 2.24) is 0 Å². The number of carbonyl (C=O) groups excluding carboxylic acids is 4. The molecule has 2 unspecified atom stereocenters. The fourth-order valence-corrected chi connectivity index (χ4v) is 12.2. The van der Waals surface area contributed by atoms with Crippen molar-refractivity contribution >= 4 is 39.5 Å². The third-order valence-electron chi connectivity index (χ3n) is 17.0. The zero-order chi connectivity index (χ0) is 78.9. The first-order chi connectivity index (χ1) is 52.7. The molecule has 0 rings (SSSR count). The number of ether oxygens (including phenoxy) is 4. The maximum atomic E-state index is 13.1. The molecule has 0 aliphatic carbocycles. The van der Waals surface area contributed by atoms with Crippen LogP contribution in [0.4, 0.5) is 0 Å². The molecule has 0 aliphatic heterocycles. The van der Waals surface area contributed by atoms with Gasteiger partial charge in [-0.1, -0.05) is 288 Å². The number of phosphoric acid groups is 2. The summed E-state index contributed by atoms with van der Waals surface area (Å²) >= 11 is 0. The van der Waals surface area contributed by atoms with E-state index in [0.717, 1.165) is 161 Å². The third-order valence-corrected chi connectivity index (χ3v) is 18.9. The van der Waals surface area contributed by atoms with Crippen LogP contribution in [0, 0.1) is 0 Å². The van der Waals surface area contributed by atoms with Crippen LogP contribution in [0.5, 0.6) is 0 Å². The van der Waals surface area contributed by atoms with Gasteiger partial charge in [0.2, 0.25) is 0 Å². The SMILES string of the molecule is CC/C=C\C/C=C\C/C=C\C/C=C\C/C=C\CCCCCC(=O)OC[C@H](COP(=O)(O)OC[C@@H](O)COP(=O)(O)OC[C@@H](COC(=O)CCCCCCC/C=C\C/C=C\CCCCC)OC(=O)CCCCCCC/C=C\CCCCCCCC)OC(=O)CC/C=C\C/C=C\C/C=C\C/C=C\C/C=C\CCCCC. The Labute approximate surface area is 655 Å². The van der Waals surface area contributed by atoms with Crippen molar-refractivity contribution in [1.29, 1.82) is 0 Å². The van der Waals surface area contributed by atoms with Gasteiger partial charge in [0.25, 0.3) is 0 Å². The number of allylic oxidation sites excluding steroid dienone is 26. The highest BCUT2D eigenvalue weighted by molar-refractivity contribution is 7.47. The number of aliphatic hydroxyl groups is 1. The van der Waals surface area contributed by atoms with Crippen molar-refractivity contribution in [3.05, 3.63) is 158 Å². The first kappa shape index (κ1) is 103. The van der Waals surface area contributed by atoms with E-state index >= 15 is 0 Å². The third kappa shape index (κ3) is 78.8. The smallest absolute Gasteiger partial charge is 0.462 e. The maximum absolute atomic E-state index is 13.1. The first-order valence-corrected chi connectivity index (χ1v) is 44.7. The highest BCUT2D eigenvalue weighted by atomic mass is 31.2. The molecule has 0 aromatic carbocycles. The molecule has 616 valence electrons. The molecule has 0 saturated carbocycles. The molecular weight excluding hydrogens is 1400 g/mol.